The maximum Gasteiger partial charge on any atom is 0.275 e. The molecule has 0 radical (unpaired) electrons. The highest BCUT2D eigenvalue weighted by Gasteiger charge is 2.23. The maximum absolute atomic E-state index is 11.0. The van der Waals surface area contributed by atoms with Gasteiger partial charge < -0.3 is 0 Å². The SMILES string of the molecule is Cc1cccc(CC(C)(C)CBr)c1[N+](=O)[O-]. The van der Waals surface area contributed by atoms with Crippen LogP contribution in [-0.2, 0) is 6.42 Å². The standard InChI is InChI=1S/C12H16BrNO2/c1-9-5-4-6-10(11(9)14(15)16)7-12(2,3)8-13/h4-6H,7-8H2,1-3H3. The molecule has 0 unspecified atom stereocenters. The number of halogens is 1. The summed E-state index contributed by atoms with van der Waals surface area (Å²) in [6, 6.07) is 5.50. The topological polar surface area (TPSA) is 43.1 Å². The van der Waals surface area contributed by atoms with Crippen molar-refractivity contribution in [2.24, 2.45) is 5.41 Å². The van der Waals surface area contributed by atoms with Gasteiger partial charge in [-0.05, 0) is 18.8 Å². The van der Waals surface area contributed by atoms with Crippen molar-refractivity contribution < 1.29 is 4.92 Å². The molecule has 0 aliphatic carbocycles. The zero-order valence-electron chi connectivity index (χ0n) is 9.79. The minimum Gasteiger partial charge on any atom is -0.258 e. The monoisotopic (exact) mass is 285 g/mol. The molecule has 1 aromatic carbocycles. The highest BCUT2D eigenvalue weighted by molar-refractivity contribution is 9.09. The lowest BCUT2D eigenvalue weighted by Gasteiger charge is -2.21. The predicted molar refractivity (Wildman–Crippen MR) is 69.1 cm³/mol. The van der Waals surface area contributed by atoms with Gasteiger partial charge in [0.05, 0.1) is 4.92 Å². The van der Waals surface area contributed by atoms with Crippen molar-refractivity contribution in [1.82, 2.24) is 0 Å². The number of nitrogens with zero attached hydrogens (tertiary/aromatic N) is 1. The van der Waals surface area contributed by atoms with E-state index in [2.05, 4.69) is 29.8 Å². The molecule has 3 nitrogen and oxygen atoms in total. The molecule has 0 aliphatic rings. The van der Waals surface area contributed by atoms with Gasteiger partial charge in [0.2, 0.25) is 0 Å². The first-order valence-electron chi connectivity index (χ1n) is 5.16. The zero-order chi connectivity index (χ0) is 12.3. The second kappa shape index (κ2) is 4.95. The van der Waals surface area contributed by atoms with Gasteiger partial charge in [0.15, 0.2) is 0 Å². The molecule has 0 saturated carbocycles. The summed E-state index contributed by atoms with van der Waals surface area (Å²) < 4.78 is 0. The Morgan fingerprint density at radius 2 is 2.06 bits per heavy atom. The van der Waals surface area contributed by atoms with Gasteiger partial charge in [0.25, 0.3) is 5.69 Å². The number of hydrogen-bond acceptors (Lipinski definition) is 2. The average molecular weight is 286 g/mol. The predicted octanol–water partition coefficient (Wildman–Crippen LogP) is 3.87. The normalized spacial score (nSPS) is 11.5. The number of nitro benzene ring substituents is 1. The molecular weight excluding hydrogens is 270 g/mol. The Kier molecular flexibility index (Phi) is 4.08. The minimum absolute atomic E-state index is 0.0263. The van der Waals surface area contributed by atoms with E-state index in [0.717, 1.165) is 16.5 Å². The quantitative estimate of drug-likeness (QED) is 0.479. The third-order valence-electron chi connectivity index (χ3n) is 2.53. The van der Waals surface area contributed by atoms with Crippen LogP contribution < -0.4 is 0 Å². The fraction of sp³-hybridized carbons (Fsp3) is 0.500. The van der Waals surface area contributed by atoms with Gasteiger partial charge >= 0.3 is 0 Å². The summed E-state index contributed by atoms with van der Waals surface area (Å²) in [6.07, 6.45) is 0.705. The Hall–Kier alpha value is -0.900. The summed E-state index contributed by atoms with van der Waals surface area (Å²) >= 11 is 3.44. The third kappa shape index (κ3) is 3.04. The molecule has 1 aromatic rings. The van der Waals surface area contributed by atoms with E-state index < -0.39 is 0 Å². The lowest BCUT2D eigenvalue weighted by molar-refractivity contribution is -0.386. The van der Waals surface area contributed by atoms with Crippen LogP contribution in [0.15, 0.2) is 18.2 Å². The Morgan fingerprint density at radius 1 is 1.44 bits per heavy atom. The van der Waals surface area contributed by atoms with E-state index in [-0.39, 0.29) is 16.0 Å². The van der Waals surface area contributed by atoms with Gasteiger partial charge in [-0.1, -0.05) is 48.0 Å². The van der Waals surface area contributed by atoms with E-state index >= 15 is 0 Å². The minimum atomic E-state index is -0.283. The van der Waals surface area contributed by atoms with E-state index in [4.69, 9.17) is 0 Å². The second-order valence-corrected chi connectivity index (χ2v) is 5.38. The van der Waals surface area contributed by atoms with Crippen LogP contribution in [0.2, 0.25) is 0 Å². The number of hydrogen-bond donors (Lipinski definition) is 0. The van der Waals surface area contributed by atoms with E-state index in [1.165, 1.54) is 0 Å². The molecule has 88 valence electrons. The van der Waals surface area contributed by atoms with E-state index in [0.29, 0.717) is 6.42 Å². The molecule has 0 aromatic heterocycles. The number of alkyl halides is 1. The van der Waals surface area contributed by atoms with Crippen molar-refractivity contribution >= 4 is 21.6 Å². The molecular formula is C12H16BrNO2. The van der Waals surface area contributed by atoms with Gasteiger partial charge in [-0.2, -0.15) is 0 Å². The van der Waals surface area contributed by atoms with Crippen LogP contribution in [0.3, 0.4) is 0 Å². The van der Waals surface area contributed by atoms with E-state index in [9.17, 15) is 10.1 Å². The van der Waals surface area contributed by atoms with Crippen molar-refractivity contribution in [1.29, 1.82) is 0 Å². The highest BCUT2D eigenvalue weighted by atomic mass is 79.9. The molecule has 4 heteroatoms. The third-order valence-corrected chi connectivity index (χ3v) is 4.05. The lowest BCUT2D eigenvalue weighted by atomic mass is 9.87. The van der Waals surface area contributed by atoms with Gasteiger partial charge in [-0.15, -0.1) is 0 Å². The number of para-hydroxylation sites is 1. The first-order valence-corrected chi connectivity index (χ1v) is 6.28. The number of aryl methyl sites for hydroxylation is 1. The first-order chi connectivity index (χ1) is 7.37. The van der Waals surface area contributed by atoms with Crippen LogP contribution in [0.1, 0.15) is 25.0 Å². The van der Waals surface area contributed by atoms with Crippen molar-refractivity contribution in [2.45, 2.75) is 27.2 Å². The maximum atomic E-state index is 11.0. The van der Waals surface area contributed by atoms with Gasteiger partial charge in [-0.25, -0.2) is 0 Å². The fourth-order valence-corrected chi connectivity index (χ4v) is 1.88. The van der Waals surface area contributed by atoms with Crippen LogP contribution >= 0.6 is 15.9 Å². The van der Waals surface area contributed by atoms with E-state index in [1.807, 2.05) is 12.1 Å². The van der Waals surface area contributed by atoms with Crippen molar-refractivity contribution in [2.75, 3.05) is 5.33 Å². The smallest absolute Gasteiger partial charge is 0.258 e. The number of rotatable bonds is 4. The summed E-state index contributed by atoms with van der Waals surface area (Å²) in [5.74, 6) is 0. The van der Waals surface area contributed by atoms with Gasteiger partial charge in [0, 0.05) is 16.5 Å². The second-order valence-electron chi connectivity index (χ2n) is 4.81. The molecule has 0 aliphatic heterocycles. The van der Waals surface area contributed by atoms with E-state index in [1.54, 1.807) is 13.0 Å². The molecule has 0 bridgehead atoms. The van der Waals surface area contributed by atoms with Crippen LogP contribution in [0.4, 0.5) is 5.69 Å². The fourth-order valence-electron chi connectivity index (χ4n) is 1.69. The summed E-state index contributed by atoms with van der Waals surface area (Å²) in [5.41, 5.74) is 1.83. The highest BCUT2D eigenvalue weighted by Crippen LogP contribution is 2.31. The molecule has 0 atom stereocenters. The summed E-state index contributed by atoms with van der Waals surface area (Å²) in [4.78, 5) is 10.7. The lowest BCUT2D eigenvalue weighted by Crippen LogP contribution is -2.17. The van der Waals surface area contributed by atoms with Crippen LogP contribution in [0.25, 0.3) is 0 Å². The molecule has 0 saturated heterocycles. The Bertz CT molecular complexity index is 402. The first kappa shape index (κ1) is 13.2. The molecule has 0 fully saturated rings. The summed E-state index contributed by atoms with van der Waals surface area (Å²) in [7, 11) is 0. The number of benzene rings is 1. The largest absolute Gasteiger partial charge is 0.275 e. The summed E-state index contributed by atoms with van der Waals surface area (Å²) in [5, 5.41) is 11.8. The number of nitro groups is 1. The molecule has 1 rings (SSSR count). The Morgan fingerprint density at radius 3 is 2.56 bits per heavy atom. The van der Waals surface area contributed by atoms with Crippen molar-refractivity contribution in [3.63, 3.8) is 0 Å². The molecule has 0 spiro atoms. The van der Waals surface area contributed by atoms with Crippen LogP contribution in [0.5, 0.6) is 0 Å². The Balaban J connectivity index is 3.14. The zero-order valence-corrected chi connectivity index (χ0v) is 11.4. The average Bonchev–Trinajstić information content (AvgIpc) is 2.16. The van der Waals surface area contributed by atoms with Crippen LogP contribution in [0, 0.1) is 22.5 Å². The van der Waals surface area contributed by atoms with Gasteiger partial charge in [0.1, 0.15) is 0 Å². The van der Waals surface area contributed by atoms with Crippen molar-refractivity contribution in [3.05, 3.63) is 39.4 Å². The molecule has 0 heterocycles. The summed E-state index contributed by atoms with van der Waals surface area (Å²) in [6.45, 7) is 5.96. The molecule has 16 heavy (non-hydrogen) atoms. The Labute approximate surface area is 104 Å². The molecule has 0 amide bonds. The van der Waals surface area contributed by atoms with Gasteiger partial charge in [-0.3, -0.25) is 10.1 Å². The van der Waals surface area contributed by atoms with Crippen molar-refractivity contribution in [3.8, 4) is 0 Å². The molecule has 0 N–H and O–H groups in total. The van der Waals surface area contributed by atoms with Crippen LogP contribution in [-0.4, -0.2) is 10.3 Å².